The van der Waals surface area contributed by atoms with Crippen molar-refractivity contribution < 1.29 is 14.1 Å². The number of hydrogen-bond acceptors (Lipinski definition) is 5. The Morgan fingerprint density at radius 1 is 1.40 bits per heavy atom. The lowest BCUT2D eigenvalue weighted by molar-refractivity contribution is -0.110. The second-order valence-corrected chi connectivity index (χ2v) is 4.36. The number of rotatable bonds is 7. The fraction of sp³-hybridized carbons (Fsp3) is 0.286. The minimum atomic E-state index is -0.648. The van der Waals surface area contributed by atoms with Crippen molar-refractivity contribution in [3.05, 3.63) is 47.6 Å². The van der Waals surface area contributed by atoms with E-state index >= 15 is 0 Å². The summed E-state index contributed by atoms with van der Waals surface area (Å²) in [6.07, 6.45) is 1.67. The van der Waals surface area contributed by atoms with E-state index in [0.29, 0.717) is 25.1 Å². The van der Waals surface area contributed by atoms with Crippen LogP contribution in [0.2, 0.25) is 0 Å². The van der Waals surface area contributed by atoms with Crippen LogP contribution in [0.1, 0.15) is 28.5 Å². The molecule has 20 heavy (non-hydrogen) atoms. The average Bonchev–Trinajstić information content (AvgIpc) is 2.90. The fourth-order valence-corrected chi connectivity index (χ4v) is 1.88. The van der Waals surface area contributed by atoms with Gasteiger partial charge in [-0.1, -0.05) is 35.5 Å². The van der Waals surface area contributed by atoms with Crippen LogP contribution in [-0.4, -0.2) is 28.4 Å². The Hall–Kier alpha value is -2.50. The van der Waals surface area contributed by atoms with Crippen molar-refractivity contribution in [3.63, 3.8) is 0 Å². The zero-order chi connectivity index (χ0) is 14.4. The largest absolute Gasteiger partial charge is 0.348 e. The number of amides is 1. The molecule has 0 aliphatic carbocycles. The molecular formula is C14H15N3O3. The zero-order valence-corrected chi connectivity index (χ0v) is 11.1. The van der Waals surface area contributed by atoms with E-state index in [1.54, 1.807) is 6.92 Å². The molecule has 1 N–H and O–H groups in total. The Morgan fingerprint density at radius 3 is 2.75 bits per heavy atom. The van der Waals surface area contributed by atoms with Gasteiger partial charge in [-0.15, -0.1) is 0 Å². The Balaban J connectivity index is 2.03. The molecule has 0 aliphatic rings. The third-order valence-electron chi connectivity index (χ3n) is 2.90. The van der Waals surface area contributed by atoms with Crippen LogP contribution in [0.4, 0.5) is 0 Å². The van der Waals surface area contributed by atoms with Crippen LogP contribution in [0.15, 0.2) is 34.9 Å². The average molecular weight is 273 g/mol. The molecule has 6 heteroatoms. The van der Waals surface area contributed by atoms with E-state index in [2.05, 4.69) is 15.5 Å². The van der Waals surface area contributed by atoms with E-state index in [4.69, 9.17) is 4.52 Å². The molecule has 2 aromatic rings. The number of nitrogens with one attached hydrogen (secondary N) is 1. The van der Waals surface area contributed by atoms with Gasteiger partial charge in [-0.05, 0) is 18.4 Å². The summed E-state index contributed by atoms with van der Waals surface area (Å²) in [6.45, 7) is 1.61. The van der Waals surface area contributed by atoms with Gasteiger partial charge >= 0.3 is 0 Å². The molecule has 104 valence electrons. The van der Waals surface area contributed by atoms with Crippen LogP contribution >= 0.6 is 0 Å². The Bertz CT molecular complexity index is 580. The van der Waals surface area contributed by atoms with E-state index in [-0.39, 0.29) is 11.6 Å². The van der Waals surface area contributed by atoms with Crippen molar-refractivity contribution in [2.45, 2.75) is 25.8 Å². The highest BCUT2D eigenvalue weighted by molar-refractivity contribution is 5.97. The first kappa shape index (κ1) is 13.9. The van der Waals surface area contributed by atoms with Gasteiger partial charge in [0.2, 0.25) is 23.9 Å². The topological polar surface area (TPSA) is 85.1 Å². The molecule has 0 aliphatic heterocycles. The van der Waals surface area contributed by atoms with Crippen LogP contribution in [-0.2, 0) is 11.2 Å². The zero-order valence-electron chi connectivity index (χ0n) is 11.1. The lowest BCUT2D eigenvalue weighted by Crippen LogP contribution is -2.37. The molecule has 0 bridgehead atoms. The standard InChI is InChI=1S/C14H15N3O3/c1-10-16-14(17-20-10)13(19)12(15-9-18)8-7-11-5-3-2-4-6-11/h2-6,9,12H,7-8H2,1H3,(H,15,18). The highest BCUT2D eigenvalue weighted by Crippen LogP contribution is 2.08. The molecule has 2 rings (SSSR count). The molecule has 0 spiro atoms. The molecule has 0 saturated carbocycles. The maximum atomic E-state index is 12.2. The summed E-state index contributed by atoms with van der Waals surface area (Å²) in [6, 6.07) is 9.09. The third-order valence-corrected chi connectivity index (χ3v) is 2.90. The summed E-state index contributed by atoms with van der Waals surface area (Å²) >= 11 is 0. The van der Waals surface area contributed by atoms with Gasteiger partial charge in [-0.25, -0.2) is 0 Å². The van der Waals surface area contributed by atoms with E-state index < -0.39 is 6.04 Å². The molecule has 0 fully saturated rings. The number of hydrogen-bond donors (Lipinski definition) is 1. The van der Waals surface area contributed by atoms with Crippen molar-refractivity contribution in [1.82, 2.24) is 15.5 Å². The van der Waals surface area contributed by atoms with Crippen LogP contribution in [0.3, 0.4) is 0 Å². The third kappa shape index (κ3) is 3.50. The highest BCUT2D eigenvalue weighted by Gasteiger charge is 2.23. The monoisotopic (exact) mass is 273 g/mol. The number of benzene rings is 1. The molecule has 1 unspecified atom stereocenters. The molecule has 1 aromatic carbocycles. The summed E-state index contributed by atoms with van der Waals surface area (Å²) in [5.74, 6) is -0.0268. The van der Waals surface area contributed by atoms with Crippen LogP contribution in [0.25, 0.3) is 0 Å². The molecule has 1 atom stereocenters. The van der Waals surface area contributed by atoms with Crippen molar-refractivity contribution in [1.29, 1.82) is 0 Å². The van der Waals surface area contributed by atoms with Crippen molar-refractivity contribution in [2.24, 2.45) is 0 Å². The number of carbonyl (C=O) groups is 2. The van der Waals surface area contributed by atoms with E-state index in [9.17, 15) is 9.59 Å². The van der Waals surface area contributed by atoms with Gasteiger partial charge in [0.15, 0.2) is 0 Å². The lowest BCUT2D eigenvalue weighted by atomic mass is 10.0. The van der Waals surface area contributed by atoms with Gasteiger partial charge < -0.3 is 9.84 Å². The van der Waals surface area contributed by atoms with Gasteiger partial charge in [0, 0.05) is 6.92 Å². The Morgan fingerprint density at radius 2 is 2.15 bits per heavy atom. The van der Waals surface area contributed by atoms with E-state index in [1.165, 1.54) is 0 Å². The van der Waals surface area contributed by atoms with Crippen LogP contribution in [0.5, 0.6) is 0 Å². The highest BCUT2D eigenvalue weighted by atomic mass is 16.5. The SMILES string of the molecule is Cc1nc(C(=O)C(CCc2ccccc2)NC=O)no1. The second kappa shape index (κ2) is 6.60. The number of nitrogens with zero attached hydrogens (tertiary/aromatic N) is 2. The summed E-state index contributed by atoms with van der Waals surface area (Å²) in [4.78, 5) is 26.7. The number of aryl methyl sites for hydroxylation is 2. The first-order valence-corrected chi connectivity index (χ1v) is 6.29. The smallest absolute Gasteiger partial charge is 0.240 e. The minimum absolute atomic E-state index is 0.00471. The van der Waals surface area contributed by atoms with Crippen LogP contribution < -0.4 is 5.32 Å². The molecule has 1 aromatic heterocycles. The molecule has 0 radical (unpaired) electrons. The number of ketones is 1. The minimum Gasteiger partial charge on any atom is -0.348 e. The molecule has 1 amide bonds. The van der Waals surface area contributed by atoms with Crippen molar-refractivity contribution in [3.8, 4) is 0 Å². The number of Topliss-reactive ketones (excluding diaryl/α,β-unsaturated/α-hetero) is 1. The van der Waals surface area contributed by atoms with Gasteiger partial charge in [0.25, 0.3) is 0 Å². The maximum Gasteiger partial charge on any atom is 0.240 e. The molecule has 0 saturated heterocycles. The van der Waals surface area contributed by atoms with Crippen LogP contribution in [0, 0.1) is 6.92 Å². The van der Waals surface area contributed by atoms with E-state index in [1.807, 2.05) is 30.3 Å². The lowest BCUT2D eigenvalue weighted by Gasteiger charge is -2.12. The first-order chi connectivity index (χ1) is 9.70. The first-order valence-electron chi connectivity index (χ1n) is 6.29. The molecule has 1 heterocycles. The predicted molar refractivity (Wildman–Crippen MR) is 71.1 cm³/mol. The summed E-state index contributed by atoms with van der Waals surface area (Å²) in [7, 11) is 0. The van der Waals surface area contributed by atoms with Crippen molar-refractivity contribution >= 4 is 12.2 Å². The Kier molecular flexibility index (Phi) is 4.60. The van der Waals surface area contributed by atoms with Gasteiger partial charge in [-0.2, -0.15) is 4.98 Å². The Labute approximate surface area is 116 Å². The van der Waals surface area contributed by atoms with Gasteiger partial charge in [-0.3, -0.25) is 9.59 Å². The van der Waals surface area contributed by atoms with Gasteiger partial charge in [0.05, 0.1) is 6.04 Å². The van der Waals surface area contributed by atoms with Crippen molar-refractivity contribution in [2.75, 3.05) is 0 Å². The normalized spacial score (nSPS) is 11.8. The summed E-state index contributed by atoms with van der Waals surface area (Å²) in [5, 5.41) is 6.09. The van der Waals surface area contributed by atoms with Gasteiger partial charge in [0.1, 0.15) is 0 Å². The summed E-state index contributed by atoms with van der Waals surface area (Å²) in [5.41, 5.74) is 1.10. The quantitative estimate of drug-likeness (QED) is 0.607. The second-order valence-electron chi connectivity index (χ2n) is 4.36. The number of aromatic nitrogens is 2. The predicted octanol–water partition coefficient (Wildman–Crippen LogP) is 1.31. The summed E-state index contributed by atoms with van der Waals surface area (Å²) < 4.78 is 4.78. The fourth-order valence-electron chi connectivity index (χ4n) is 1.88. The maximum absolute atomic E-state index is 12.2. The number of carbonyl (C=O) groups excluding carboxylic acids is 2. The molecular weight excluding hydrogens is 258 g/mol. The van der Waals surface area contributed by atoms with E-state index in [0.717, 1.165) is 5.56 Å². The molecule has 6 nitrogen and oxygen atoms in total.